The third kappa shape index (κ3) is 14.6. The Hall–Kier alpha value is -1.86. The molecule has 4 aliphatic rings. The van der Waals surface area contributed by atoms with E-state index in [1.807, 2.05) is 12.2 Å². The van der Waals surface area contributed by atoms with Gasteiger partial charge in [0.1, 0.15) is 11.6 Å². The summed E-state index contributed by atoms with van der Waals surface area (Å²) in [7, 11) is 0. The van der Waals surface area contributed by atoms with Crippen molar-refractivity contribution in [2.75, 3.05) is 0 Å². The monoisotopic (exact) mass is 697 g/mol. The molecule has 0 aliphatic heterocycles. The Morgan fingerprint density at radius 2 is 1.06 bits per heavy atom. The van der Waals surface area contributed by atoms with Gasteiger partial charge in [-0.1, -0.05) is 100.0 Å². The molecule has 0 aromatic carbocycles. The number of rotatable bonds is 22. The van der Waals surface area contributed by atoms with Crippen molar-refractivity contribution in [3.05, 3.63) is 47.6 Å². The number of fused-ring (bicyclic) bond motifs is 2. The minimum atomic E-state index is -0.377. The molecule has 0 amide bonds. The Morgan fingerprint density at radius 3 is 1.42 bits per heavy atom. The number of carbonyl (C=O) groups excluding carboxylic acids is 2. The van der Waals surface area contributed by atoms with Gasteiger partial charge < -0.3 is 30.0 Å². The Morgan fingerprint density at radius 1 is 0.660 bits per heavy atom. The molecule has 10 atom stereocenters. The summed E-state index contributed by atoms with van der Waals surface area (Å²) in [6, 6.07) is 0. The number of unbranched alkanes of at least 4 members (excludes halogenated alkanes) is 6. The van der Waals surface area contributed by atoms with Crippen LogP contribution in [-0.2, 0) is 9.59 Å². The van der Waals surface area contributed by atoms with Crippen LogP contribution < -0.4 is 0 Å². The van der Waals surface area contributed by atoms with Crippen LogP contribution >= 0.6 is 0 Å². The fourth-order valence-electron chi connectivity index (χ4n) is 8.95. The van der Waals surface area contributed by atoms with Crippen molar-refractivity contribution in [3.8, 4) is 0 Å². The van der Waals surface area contributed by atoms with E-state index in [1.54, 1.807) is 13.8 Å². The lowest BCUT2D eigenvalue weighted by molar-refractivity contribution is -0.117. The summed E-state index contributed by atoms with van der Waals surface area (Å²) in [6.45, 7) is 7.66. The molecule has 0 aromatic rings. The molecule has 0 spiro atoms. The normalized spacial score (nSPS) is 29.8. The van der Waals surface area contributed by atoms with E-state index in [0.29, 0.717) is 36.5 Å². The van der Waals surface area contributed by atoms with Crippen molar-refractivity contribution in [2.24, 2.45) is 35.5 Å². The molecule has 4 rings (SSSR count). The minimum absolute atomic E-state index is 0.178. The highest BCUT2D eigenvalue weighted by molar-refractivity contribution is 5.75. The first-order valence-corrected chi connectivity index (χ1v) is 20.5. The molecule has 0 saturated heterocycles. The van der Waals surface area contributed by atoms with Gasteiger partial charge in [0.25, 0.3) is 0 Å². The van der Waals surface area contributed by atoms with E-state index < -0.39 is 0 Å². The molecule has 6 heteroatoms. The molecule has 0 unspecified atom stereocenters. The Kier molecular flexibility index (Phi) is 19.5. The maximum absolute atomic E-state index is 11.0. The quantitative estimate of drug-likeness (QED) is 0.0663. The second-order valence-corrected chi connectivity index (χ2v) is 16.2. The molecule has 6 nitrogen and oxygen atoms in total. The molecule has 50 heavy (non-hydrogen) atoms. The Bertz CT molecular complexity index is 1050. The van der Waals surface area contributed by atoms with E-state index in [1.165, 1.54) is 36.8 Å². The van der Waals surface area contributed by atoms with Crippen LogP contribution in [0.15, 0.2) is 47.6 Å². The summed E-state index contributed by atoms with van der Waals surface area (Å²) in [5, 5.41) is 41.0. The first-order chi connectivity index (χ1) is 24.0. The molecule has 0 bridgehead atoms. The average Bonchev–Trinajstić information content (AvgIpc) is 3.79. The lowest BCUT2D eigenvalue weighted by atomic mass is 9.88. The van der Waals surface area contributed by atoms with Crippen LogP contribution in [-0.4, -0.2) is 56.4 Å². The summed E-state index contributed by atoms with van der Waals surface area (Å²) >= 11 is 0. The molecule has 2 saturated carbocycles. The number of hydrogen-bond donors (Lipinski definition) is 4. The molecular weight excluding hydrogens is 624 g/mol. The van der Waals surface area contributed by atoms with Crippen LogP contribution in [0.2, 0.25) is 0 Å². The smallest absolute Gasteiger partial charge is 0.129 e. The van der Waals surface area contributed by atoms with Gasteiger partial charge in [-0.25, -0.2) is 0 Å². The van der Waals surface area contributed by atoms with Crippen LogP contribution in [0.4, 0.5) is 0 Å². The summed E-state index contributed by atoms with van der Waals surface area (Å²) < 4.78 is 0. The van der Waals surface area contributed by atoms with Gasteiger partial charge in [-0.15, -0.1) is 0 Å². The van der Waals surface area contributed by atoms with Gasteiger partial charge in [-0.2, -0.15) is 0 Å². The van der Waals surface area contributed by atoms with Crippen molar-refractivity contribution in [3.63, 3.8) is 0 Å². The zero-order valence-corrected chi connectivity index (χ0v) is 32.0. The Balaban J connectivity index is 0.000000270. The van der Waals surface area contributed by atoms with Gasteiger partial charge in [0.2, 0.25) is 0 Å². The zero-order valence-electron chi connectivity index (χ0n) is 32.0. The summed E-state index contributed by atoms with van der Waals surface area (Å²) in [4.78, 5) is 22.0. The number of ketones is 2. The topological polar surface area (TPSA) is 115 Å². The first kappa shape index (κ1) is 42.6. The highest BCUT2D eigenvalue weighted by Gasteiger charge is 2.44. The van der Waals surface area contributed by atoms with E-state index in [0.717, 1.165) is 89.9 Å². The van der Waals surface area contributed by atoms with Crippen LogP contribution in [0.1, 0.15) is 156 Å². The molecular formula is C44H72O6. The summed E-state index contributed by atoms with van der Waals surface area (Å²) in [6.07, 6.45) is 31.4. The number of aliphatic hydroxyl groups excluding tert-OH is 4. The Labute approximate surface area is 304 Å². The predicted octanol–water partition coefficient (Wildman–Crippen LogP) is 9.15. The third-order valence-corrected chi connectivity index (χ3v) is 11.8. The van der Waals surface area contributed by atoms with E-state index >= 15 is 0 Å². The fourth-order valence-corrected chi connectivity index (χ4v) is 8.95. The van der Waals surface area contributed by atoms with Gasteiger partial charge in [-0.3, -0.25) is 0 Å². The zero-order chi connectivity index (χ0) is 36.5. The lowest BCUT2D eigenvalue weighted by Gasteiger charge is -2.19. The van der Waals surface area contributed by atoms with Crippen molar-refractivity contribution in [1.29, 1.82) is 0 Å². The van der Waals surface area contributed by atoms with Gasteiger partial charge in [0.15, 0.2) is 0 Å². The van der Waals surface area contributed by atoms with Crippen LogP contribution in [0, 0.1) is 35.5 Å². The highest BCUT2D eigenvalue weighted by atomic mass is 16.3. The van der Waals surface area contributed by atoms with Gasteiger partial charge in [0.05, 0.1) is 24.4 Å². The number of aliphatic hydroxyl groups is 4. The van der Waals surface area contributed by atoms with Crippen LogP contribution in [0.5, 0.6) is 0 Å². The predicted molar refractivity (Wildman–Crippen MR) is 204 cm³/mol. The second kappa shape index (κ2) is 22.9. The molecule has 2 fully saturated rings. The van der Waals surface area contributed by atoms with Crippen molar-refractivity contribution in [2.45, 2.75) is 181 Å². The average molecular weight is 697 g/mol. The van der Waals surface area contributed by atoms with Gasteiger partial charge >= 0.3 is 0 Å². The highest BCUT2D eigenvalue weighted by Crippen LogP contribution is 2.49. The van der Waals surface area contributed by atoms with Crippen molar-refractivity contribution in [1.82, 2.24) is 0 Å². The SMILES string of the molecule is CCCCC[C@H](O)/C=C/[C@@H]1[C@H]2CC(CCCCC(C)=O)=C[C@H]2C[C@H]1O.CCCCC[C@H](O)/C=C/[C@H]1[C@@H]2CC(CCCCC(C)=O)=C[C@@H]2C[C@@H]1O. The number of carbonyl (C=O) groups is 2. The van der Waals surface area contributed by atoms with E-state index in [4.69, 9.17) is 0 Å². The van der Waals surface area contributed by atoms with E-state index in [-0.39, 0.29) is 47.8 Å². The molecule has 284 valence electrons. The lowest BCUT2D eigenvalue weighted by Crippen LogP contribution is -2.18. The molecule has 4 aliphatic carbocycles. The number of hydrogen-bond acceptors (Lipinski definition) is 6. The fraction of sp³-hybridized carbons (Fsp3) is 0.773. The number of Topliss-reactive ketones (excluding diaryl/α,β-unsaturated/α-hetero) is 2. The van der Waals surface area contributed by atoms with Crippen LogP contribution in [0.3, 0.4) is 0 Å². The standard InChI is InChI=1S/2C22H36O3/c2*1-3-4-5-10-19(24)11-12-20-21-14-17(9-7-6-8-16(2)23)13-18(21)15-22(20)25/h2*11-13,18-22,24-25H,3-10,14-15H2,1-2H3/b2*12-11+/t18-,19+,20+,21-,22+;18-,19-,20+,21-,22+/m10/s1. The molecule has 0 radical (unpaired) electrons. The van der Waals surface area contributed by atoms with Gasteiger partial charge in [0, 0.05) is 24.7 Å². The largest absolute Gasteiger partial charge is 0.392 e. The van der Waals surface area contributed by atoms with Crippen LogP contribution in [0.25, 0.3) is 0 Å². The molecule has 0 aromatic heterocycles. The summed E-state index contributed by atoms with van der Waals surface area (Å²) in [5.41, 5.74) is 3.01. The molecule has 0 heterocycles. The minimum Gasteiger partial charge on any atom is -0.392 e. The van der Waals surface area contributed by atoms with Crippen molar-refractivity contribution >= 4 is 11.6 Å². The number of allylic oxidation sites excluding steroid dienone is 4. The second-order valence-electron chi connectivity index (χ2n) is 16.2. The first-order valence-electron chi connectivity index (χ1n) is 20.5. The summed E-state index contributed by atoms with van der Waals surface area (Å²) in [5.74, 6) is 2.89. The van der Waals surface area contributed by atoms with Crippen molar-refractivity contribution < 1.29 is 30.0 Å². The van der Waals surface area contributed by atoms with E-state index in [2.05, 4.69) is 38.2 Å². The maximum atomic E-state index is 11.0. The van der Waals surface area contributed by atoms with Gasteiger partial charge in [-0.05, 0) is 115 Å². The third-order valence-electron chi connectivity index (χ3n) is 11.8. The van der Waals surface area contributed by atoms with E-state index in [9.17, 15) is 30.0 Å². The maximum Gasteiger partial charge on any atom is 0.129 e. The molecule has 4 N–H and O–H groups in total.